The zero-order valence-corrected chi connectivity index (χ0v) is 15.6. The second-order valence-electron chi connectivity index (χ2n) is 6.83. The molecule has 6 nitrogen and oxygen atoms in total. The Morgan fingerprint density at radius 1 is 1.03 bits per heavy atom. The summed E-state index contributed by atoms with van der Waals surface area (Å²) in [7, 11) is 0. The number of halogens is 3. The summed E-state index contributed by atoms with van der Waals surface area (Å²) < 4.78 is 39.0. The lowest BCUT2D eigenvalue weighted by atomic mass is 9.97. The number of anilines is 2. The van der Waals surface area contributed by atoms with Crippen LogP contribution in [0.1, 0.15) is 18.4 Å². The normalized spacial score (nSPS) is 15.1. The summed E-state index contributed by atoms with van der Waals surface area (Å²) in [5.41, 5.74) is -1.44. The number of amides is 2. The molecular formula is C20H21F3N4O2. The average Bonchev–Trinajstić information content (AvgIpc) is 2.72. The topological polar surface area (TPSA) is 74.3 Å². The number of para-hydroxylation sites is 1. The second kappa shape index (κ2) is 8.93. The van der Waals surface area contributed by atoms with Crippen LogP contribution in [-0.2, 0) is 15.8 Å². The van der Waals surface area contributed by atoms with E-state index in [4.69, 9.17) is 0 Å². The van der Waals surface area contributed by atoms with Crippen LogP contribution in [0.2, 0.25) is 0 Å². The van der Waals surface area contributed by atoms with Crippen LogP contribution < -0.4 is 15.5 Å². The van der Waals surface area contributed by atoms with Crippen molar-refractivity contribution in [2.24, 2.45) is 5.92 Å². The van der Waals surface area contributed by atoms with E-state index in [1.165, 1.54) is 12.1 Å². The van der Waals surface area contributed by atoms with E-state index in [9.17, 15) is 22.8 Å². The fourth-order valence-corrected chi connectivity index (χ4v) is 3.24. The van der Waals surface area contributed by atoms with Crippen molar-refractivity contribution in [2.75, 3.05) is 29.9 Å². The van der Waals surface area contributed by atoms with E-state index >= 15 is 0 Å². The number of carbonyl (C=O) groups is 2. The van der Waals surface area contributed by atoms with E-state index in [2.05, 4.69) is 15.2 Å². The van der Waals surface area contributed by atoms with Gasteiger partial charge in [-0.2, -0.15) is 13.2 Å². The molecule has 0 aliphatic carbocycles. The molecule has 2 N–H and O–H groups in total. The van der Waals surface area contributed by atoms with Crippen LogP contribution in [0.5, 0.6) is 0 Å². The number of hydrogen-bond acceptors (Lipinski definition) is 4. The molecule has 1 aliphatic heterocycles. The fourth-order valence-electron chi connectivity index (χ4n) is 3.24. The van der Waals surface area contributed by atoms with Crippen LogP contribution in [0, 0.1) is 5.92 Å². The van der Waals surface area contributed by atoms with E-state index in [1.54, 1.807) is 6.20 Å². The van der Waals surface area contributed by atoms with E-state index in [-0.39, 0.29) is 5.92 Å². The summed E-state index contributed by atoms with van der Waals surface area (Å²) in [5, 5.41) is 4.56. The van der Waals surface area contributed by atoms with E-state index in [0.29, 0.717) is 6.54 Å². The highest BCUT2D eigenvalue weighted by Gasteiger charge is 2.34. The van der Waals surface area contributed by atoms with Gasteiger partial charge >= 0.3 is 18.0 Å². The van der Waals surface area contributed by atoms with Gasteiger partial charge in [0.2, 0.25) is 0 Å². The molecule has 29 heavy (non-hydrogen) atoms. The number of piperidine rings is 1. The van der Waals surface area contributed by atoms with Gasteiger partial charge in [0, 0.05) is 25.8 Å². The van der Waals surface area contributed by atoms with Crippen molar-refractivity contribution in [3.05, 3.63) is 54.2 Å². The monoisotopic (exact) mass is 406 g/mol. The molecule has 0 unspecified atom stereocenters. The SMILES string of the molecule is O=C(NCC1CCN(c2ccccn2)CC1)C(=O)Nc1ccccc1C(F)(F)F. The van der Waals surface area contributed by atoms with Gasteiger partial charge in [-0.25, -0.2) is 4.98 Å². The Morgan fingerprint density at radius 2 is 1.72 bits per heavy atom. The maximum Gasteiger partial charge on any atom is 0.418 e. The Balaban J connectivity index is 1.47. The molecule has 9 heteroatoms. The summed E-state index contributed by atoms with van der Waals surface area (Å²) in [6.45, 7) is 1.86. The van der Waals surface area contributed by atoms with Gasteiger partial charge in [0.25, 0.3) is 0 Å². The molecule has 0 spiro atoms. The van der Waals surface area contributed by atoms with Crippen molar-refractivity contribution in [1.29, 1.82) is 0 Å². The number of pyridine rings is 1. The summed E-state index contributed by atoms with van der Waals surface area (Å²) in [5.74, 6) is -0.978. The van der Waals surface area contributed by atoms with Crippen LogP contribution in [0.25, 0.3) is 0 Å². The zero-order chi connectivity index (χ0) is 20.9. The quantitative estimate of drug-likeness (QED) is 0.766. The van der Waals surface area contributed by atoms with Gasteiger partial charge in [0.05, 0.1) is 11.3 Å². The Kier molecular flexibility index (Phi) is 6.36. The van der Waals surface area contributed by atoms with Crippen LogP contribution >= 0.6 is 0 Å². The number of rotatable bonds is 4. The van der Waals surface area contributed by atoms with Gasteiger partial charge in [-0.1, -0.05) is 18.2 Å². The molecule has 154 valence electrons. The van der Waals surface area contributed by atoms with E-state index < -0.39 is 29.2 Å². The number of carbonyl (C=O) groups excluding carboxylic acids is 2. The van der Waals surface area contributed by atoms with Crippen molar-refractivity contribution in [3.63, 3.8) is 0 Å². The Morgan fingerprint density at radius 3 is 2.38 bits per heavy atom. The molecule has 2 aromatic rings. The first kappa shape index (κ1) is 20.6. The Labute approximate surface area is 166 Å². The molecule has 2 amide bonds. The minimum Gasteiger partial charge on any atom is -0.357 e. The fraction of sp³-hybridized carbons (Fsp3) is 0.350. The van der Waals surface area contributed by atoms with Crippen molar-refractivity contribution < 1.29 is 22.8 Å². The maximum atomic E-state index is 13.0. The van der Waals surface area contributed by atoms with Gasteiger partial charge in [0.1, 0.15) is 5.82 Å². The highest BCUT2D eigenvalue weighted by atomic mass is 19.4. The highest BCUT2D eigenvalue weighted by Crippen LogP contribution is 2.34. The van der Waals surface area contributed by atoms with Crippen LogP contribution in [0.3, 0.4) is 0 Å². The highest BCUT2D eigenvalue weighted by molar-refractivity contribution is 6.39. The predicted molar refractivity (Wildman–Crippen MR) is 102 cm³/mol. The number of nitrogens with one attached hydrogen (secondary N) is 2. The summed E-state index contributed by atoms with van der Waals surface area (Å²) in [6.07, 6.45) is -1.26. The van der Waals surface area contributed by atoms with Gasteiger partial charge in [0.15, 0.2) is 0 Å². The summed E-state index contributed by atoms with van der Waals surface area (Å²) in [6, 6.07) is 10.2. The lowest BCUT2D eigenvalue weighted by Crippen LogP contribution is -2.42. The molecule has 0 saturated carbocycles. The molecule has 1 fully saturated rings. The van der Waals surface area contributed by atoms with E-state index in [1.807, 2.05) is 23.5 Å². The molecule has 1 aromatic heterocycles. The molecule has 1 saturated heterocycles. The van der Waals surface area contributed by atoms with Gasteiger partial charge in [-0.3, -0.25) is 9.59 Å². The van der Waals surface area contributed by atoms with Crippen LogP contribution in [0.4, 0.5) is 24.7 Å². The van der Waals surface area contributed by atoms with Crippen molar-refractivity contribution in [1.82, 2.24) is 10.3 Å². The minimum absolute atomic E-state index is 0.189. The number of benzene rings is 1. The molecule has 0 bridgehead atoms. The standard InChI is InChI=1S/C20H21F3N4O2/c21-20(22,23)15-5-1-2-6-16(15)26-19(29)18(28)25-13-14-8-11-27(12-9-14)17-7-3-4-10-24-17/h1-7,10,14H,8-9,11-13H2,(H,25,28)(H,26,29). The molecule has 1 aromatic carbocycles. The van der Waals surface area contributed by atoms with Crippen molar-refractivity contribution >= 4 is 23.3 Å². The minimum atomic E-state index is -4.62. The third-order valence-corrected chi connectivity index (χ3v) is 4.83. The van der Waals surface area contributed by atoms with Crippen LogP contribution in [0.15, 0.2) is 48.7 Å². The molecule has 0 radical (unpaired) electrons. The van der Waals surface area contributed by atoms with Gasteiger partial charge in [-0.05, 0) is 43.0 Å². The third kappa shape index (κ3) is 5.46. The molecule has 1 aliphatic rings. The number of aromatic nitrogens is 1. The largest absolute Gasteiger partial charge is 0.418 e. The Bertz CT molecular complexity index is 850. The first-order chi connectivity index (χ1) is 13.8. The molecule has 0 atom stereocenters. The lowest BCUT2D eigenvalue weighted by molar-refractivity contribution is -0.138. The zero-order valence-electron chi connectivity index (χ0n) is 15.6. The number of nitrogens with zero attached hydrogens (tertiary/aromatic N) is 2. The predicted octanol–water partition coefficient (Wildman–Crippen LogP) is 3.07. The Hall–Kier alpha value is -3.10. The lowest BCUT2D eigenvalue weighted by Gasteiger charge is -2.32. The van der Waals surface area contributed by atoms with Crippen molar-refractivity contribution in [3.8, 4) is 0 Å². The third-order valence-electron chi connectivity index (χ3n) is 4.83. The summed E-state index contributed by atoms with van der Waals surface area (Å²) >= 11 is 0. The van der Waals surface area contributed by atoms with Gasteiger partial charge < -0.3 is 15.5 Å². The first-order valence-electron chi connectivity index (χ1n) is 9.26. The maximum absolute atomic E-state index is 13.0. The number of hydrogen-bond donors (Lipinski definition) is 2. The average molecular weight is 406 g/mol. The van der Waals surface area contributed by atoms with Gasteiger partial charge in [-0.15, -0.1) is 0 Å². The van der Waals surface area contributed by atoms with Crippen molar-refractivity contribution in [2.45, 2.75) is 19.0 Å². The van der Waals surface area contributed by atoms with E-state index in [0.717, 1.165) is 43.9 Å². The summed E-state index contributed by atoms with van der Waals surface area (Å²) in [4.78, 5) is 30.5. The first-order valence-corrected chi connectivity index (χ1v) is 9.26. The molecule has 2 heterocycles. The smallest absolute Gasteiger partial charge is 0.357 e. The molecule has 3 rings (SSSR count). The number of alkyl halides is 3. The second-order valence-corrected chi connectivity index (χ2v) is 6.83. The molecular weight excluding hydrogens is 385 g/mol. The van der Waals surface area contributed by atoms with Crippen LogP contribution in [-0.4, -0.2) is 36.4 Å².